The summed E-state index contributed by atoms with van der Waals surface area (Å²) in [4.78, 5) is 17.1. The van der Waals surface area contributed by atoms with Crippen molar-refractivity contribution in [3.63, 3.8) is 0 Å². The molecule has 1 aromatic heterocycles. The molecule has 0 bridgehead atoms. The van der Waals surface area contributed by atoms with Crippen LogP contribution < -0.4 is 10.6 Å². The van der Waals surface area contributed by atoms with Gasteiger partial charge in [-0.15, -0.1) is 0 Å². The number of pyridine rings is 1. The maximum Gasteiger partial charge on any atom is 0.416 e. The van der Waals surface area contributed by atoms with Crippen molar-refractivity contribution in [2.24, 2.45) is 0 Å². The van der Waals surface area contributed by atoms with Gasteiger partial charge in [-0.3, -0.25) is 4.98 Å². The minimum atomic E-state index is -4.84. The van der Waals surface area contributed by atoms with Gasteiger partial charge in [0.25, 0.3) is 0 Å². The third-order valence-electron chi connectivity index (χ3n) is 5.01. The predicted molar refractivity (Wildman–Crippen MR) is 118 cm³/mol. The Labute approximate surface area is 198 Å². The van der Waals surface area contributed by atoms with Crippen molar-refractivity contribution in [2.75, 3.05) is 0 Å². The molecule has 0 aliphatic heterocycles. The number of alkyl halides is 3. The van der Waals surface area contributed by atoms with E-state index in [1.54, 1.807) is 13.8 Å². The molecule has 0 spiro atoms. The maximum absolute atomic E-state index is 14.5. The van der Waals surface area contributed by atoms with Crippen LogP contribution in [-0.4, -0.2) is 17.1 Å². The summed E-state index contributed by atoms with van der Waals surface area (Å²) in [5, 5.41) is 5.57. The van der Waals surface area contributed by atoms with Crippen molar-refractivity contribution >= 4 is 17.6 Å². The fraction of sp³-hybridized carbons (Fsp3) is 0.250. The van der Waals surface area contributed by atoms with Crippen LogP contribution in [0.2, 0.25) is 5.02 Å². The molecule has 1 heterocycles. The van der Waals surface area contributed by atoms with E-state index in [4.69, 9.17) is 11.6 Å². The number of nitrogens with zero attached hydrogens (tertiary/aromatic N) is 1. The second kappa shape index (κ2) is 9.97. The van der Waals surface area contributed by atoms with Crippen molar-refractivity contribution < 1.29 is 26.7 Å². The van der Waals surface area contributed by atoms with Crippen LogP contribution in [0, 0.1) is 11.6 Å². The zero-order valence-corrected chi connectivity index (χ0v) is 18.9. The summed E-state index contributed by atoms with van der Waals surface area (Å²) in [6.07, 6.45) is -3.73. The molecule has 0 radical (unpaired) electrons. The van der Waals surface area contributed by atoms with Gasteiger partial charge < -0.3 is 10.6 Å². The van der Waals surface area contributed by atoms with Crippen molar-refractivity contribution in [3.8, 4) is 0 Å². The number of hydrogen-bond acceptors (Lipinski definition) is 2. The van der Waals surface area contributed by atoms with E-state index < -0.39 is 34.9 Å². The Hall–Kier alpha value is -3.20. The largest absolute Gasteiger partial charge is 0.416 e. The highest BCUT2D eigenvalue weighted by Gasteiger charge is 2.41. The van der Waals surface area contributed by atoms with Crippen LogP contribution in [0.1, 0.15) is 36.2 Å². The summed E-state index contributed by atoms with van der Waals surface area (Å²) >= 11 is 5.96. The van der Waals surface area contributed by atoms with E-state index in [0.29, 0.717) is 11.6 Å². The number of amides is 2. The molecule has 4 nitrogen and oxygen atoms in total. The SMILES string of the molecule is CC(C)NC(=O)N[C@@](Cc1ccc(F)cc1)(c1cc(F)cc(C(F)(F)F)c1)c1ccc(Cl)cn1. The first-order chi connectivity index (χ1) is 15.9. The van der Waals surface area contributed by atoms with E-state index in [9.17, 15) is 26.7 Å². The first-order valence-corrected chi connectivity index (χ1v) is 10.6. The Morgan fingerprint density at radius 1 is 0.971 bits per heavy atom. The monoisotopic (exact) mass is 497 g/mol. The fourth-order valence-electron chi connectivity index (χ4n) is 3.55. The van der Waals surface area contributed by atoms with Gasteiger partial charge >= 0.3 is 12.2 Å². The molecule has 0 fully saturated rings. The zero-order chi connectivity index (χ0) is 25.1. The fourth-order valence-corrected chi connectivity index (χ4v) is 3.66. The van der Waals surface area contributed by atoms with E-state index in [2.05, 4.69) is 15.6 Å². The van der Waals surface area contributed by atoms with Gasteiger partial charge in [0.1, 0.15) is 17.2 Å². The first-order valence-electron chi connectivity index (χ1n) is 10.2. The highest BCUT2D eigenvalue weighted by atomic mass is 35.5. The van der Waals surface area contributed by atoms with Crippen LogP contribution in [0.3, 0.4) is 0 Å². The van der Waals surface area contributed by atoms with Gasteiger partial charge in [0.05, 0.1) is 16.3 Å². The van der Waals surface area contributed by atoms with E-state index in [0.717, 1.165) is 12.1 Å². The van der Waals surface area contributed by atoms with Gasteiger partial charge in [-0.05, 0) is 67.4 Å². The smallest absolute Gasteiger partial charge is 0.336 e. The summed E-state index contributed by atoms with van der Waals surface area (Å²) in [6, 6.07) is 9.10. The summed E-state index contributed by atoms with van der Waals surface area (Å²) in [6.45, 7) is 3.40. The molecular formula is C24H21ClF5N3O. The third-order valence-corrected chi connectivity index (χ3v) is 5.24. The molecule has 0 unspecified atom stereocenters. The molecule has 3 aromatic rings. The highest BCUT2D eigenvalue weighted by Crippen LogP contribution is 2.38. The molecule has 0 saturated carbocycles. The number of carbonyl (C=O) groups is 1. The Balaban J connectivity index is 2.29. The lowest BCUT2D eigenvalue weighted by molar-refractivity contribution is -0.137. The number of carbonyl (C=O) groups excluding carboxylic acids is 1. The number of urea groups is 1. The number of aromatic nitrogens is 1. The normalized spacial score (nSPS) is 13.4. The van der Waals surface area contributed by atoms with Crippen molar-refractivity contribution in [2.45, 2.75) is 38.0 Å². The second-order valence-electron chi connectivity index (χ2n) is 8.05. The molecule has 0 aliphatic carbocycles. The number of rotatable bonds is 6. The number of nitrogens with one attached hydrogen (secondary N) is 2. The van der Waals surface area contributed by atoms with Crippen LogP contribution in [0.25, 0.3) is 0 Å². The van der Waals surface area contributed by atoms with Crippen LogP contribution in [0.15, 0.2) is 60.8 Å². The van der Waals surface area contributed by atoms with E-state index >= 15 is 0 Å². The van der Waals surface area contributed by atoms with Crippen LogP contribution in [-0.2, 0) is 18.1 Å². The lowest BCUT2D eigenvalue weighted by Gasteiger charge is -2.36. The summed E-state index contributed by atoms with van der Waals surface area (Å²) in [7, 11) is 0. The summed E-state index contributed by atoms with van der Waals surface area (Å²) in [5.41, 5.74) is -2.62. The van der Waals surface area contributed by atoms with Gasteiger partial charge in [0, 0.05) is 18.7 Å². The maximum atomic E-state index is 14.5. The van der Waals surface area contributed by atoms with Crippen LogP contribution in [0.4, 0.5) is 26.7 Å². The summed E-state index contributed by atoms with van der Waals surface area (Å²) < 4.78 is 68.7. The molecule has 34 heavy (non-hydrogen) atoms. The molecule has 2 N–H and O–H groups in total. The van der Waals surface area contributed by atoms with Crippen molar-refractivity contribution in [3.05, 3.63) is 99.8 Å². The second-order valence-corrected chi connectivity index (χ2v) is 8.49. The van der Waals surface area contributed by atoms with Gasteiger partial charge in [-0.1, -0.05) is 23.7 Å². The van der Waals surface area contributed by atoms with E-state index in [-0.39, 0.29) is 28.7 Å². The van der Waals surface area contributed by atoms with Gasteiger partial charge in [0.2, 0.25) is 0 Å². The van der Waals surface area contributed by atoms with Gasteiger partial charge in [-0.25, -0.2) is 13.6 Å². The van der Waals surface area contributed by atoms with E-state index in [1.807, 2.05) is 0 Å². The van der Waals surface area contributed by atoms with E-state index in [1.165, 1.54) is 42.6 Å². The summed E-state index contributed by atoms with van der Waals surface area (Å²) in [5.74, 6) is -1.66. The molecule has 2 amide bonds. The van der Waals surface area contributed by atoms with Gasteiger partial charge in [0.15, 0.2) is 0 Å². The zero-order valence-electron chi connectivity index (χ0n) is 18.2. The average Bonchev–Trinajstić information content (AvgIpc) is 2.73. The minimum absolute atomic E-state index is 0.110. The Bertz CT molecular complexity index is 1150. The molecule has 0 aliphatic rings. The molecule has 1 atom stereocenters. The van der Waals surface area contributed by atoms with Crippen LogP contribution in [0.5, 0.6) is 0 Å². The van der Waals surface area contributed by atoms with Crippen molar-refractivity contribution in [1.82, 2.24) is 15.6 Å². The average molecular weight is 498 g/mol. The molecule has 0 saturated heterocycles. The van der Waals surface area contributed by atoms with Gasteiger partial charge in [-0.2, -0.15) is 13.2 Å². The van der Waals surface area contributed by atoms with Crippen LogP contribution >= 0.6 is 11.6 Å². The van der Waals surface area contributed by atoms with Crippen molar-refractivity contribution in [1.29, 1.82) is 0 Å². The Kier molecular flexibility index (Phi) is 7.45. The standard InChI is InChI=1S/C24H21ClF5N3O/c1-14(2)32-22(34)33-23(21-8-5-18(25)13-31-21,12-15-3-6-19(26)7-4-15)16-9-17(24(28,29)30)11-20(27)10-16/h3-11,13-14H,12H2,1-2H3,(H2,32,33,34)/t23-/m0/s1. The third kappa shape index (κ3) is 6.02. The molecule has 10 heteroatoms. The molecular weight excluding hydrogens is 477 g/mol. The first kappa shape index (κ1) is 25.4. The lowest BCUT2D eigenvalue weighted by atomic mass is 9.79. The number of halogens is 6. The molecule has 3 rings (SSSR count). The number of benzene rings is 2. The molecule has 2 aromatic carbocycles. The minimum Gasteiger partial charge on any atom is -0.336 e. The lowest BCUT2D eigenvalue weighted by Crippen LogP contribution is -2.53. The Morgan fingerprint density at radius 2 is 1.62 bits per heavy atom. The predicted octanol–water partition coefficient (Wildman–Crippen LogP) is 6.23. The quantitative estimate of drug-likeness (QED) is 0.397. The molecule has 180 valence electrons. The Morgan fingerprint density at radius 3 is 2.18 bits per heavy atom. The topological polar surface area (TPSA) is 54.0 Å². The highest BCUT2D eigenvalue weighted by molar-refractivity contribution is 6.30. The number of hydrogen-bond donors (Lipinski definition) is 2.